The van der Waals surface area contributed by atoms with Gasteiger partial charge in [-0.25, -0.2) is 9.97 Å². The lowest BCUT2D eigenvalue weighted by Gasteiger charge is -2.08. The number of nitrogens with zero attached hydrogens (tertiary/aromatic N) is 2. The van der Waals surface area contributed by atoms with Gasteiger partial charge in [0, 0.05) is 0 Å². The van der Waals surface area contributed by atoms with Crippen molar-refractivity contribution in [2.24, 2.45) is 5.92 Å². The monoisotopic (exact) mass is 276 g/mol. The highest BCUT2D eigenvalue weighted by atomic mass is 16.5. The molecule has 0 N–H and O–H groups in total. The summed E-state index contributed by atoms with van der Waals surface area (Å²) in [5.74, 6) is 1.85. The van der Waals surface area contributed by atoms with Crippen LogP contribution < -0.4 is 4.74 Å². The van der Waals surface area contributed by atoms with Gasteiger partial charge in [0.1, 0.15) is 6.33 Å². The number of aromatic nitrogens is 2. The summed E-state index contributed by atoms with van der Waals surface area (Å²) in [5.41, 5.74) is 0. The molecule has 2 rings (SSSR count). The molecule has 0 aromatic carbocycles. The Hall–Kier alpha value is -1.12. The second-order valence-corrected chi connectivity index (χ2v) is 5.98. The number of hydrogen-bond acceptors (Lipinski definition) is 3. The average Bonchev–Trinajstić information content (AvgIpc) is 3.00. The number of rotatable bonds is 10. The van der Waals surface area contributed by atoms with E-state index in [0.29, 0.717) is 0 Å². The Morgan fingerprint density at radius 3 is 2.30 bits per heavy atom. The molecule has 1 aromatic heterocycles. The lowest BCUT2D eigenvalue weighted by atomic mass is 9.99. The van der Waals surface area contributed by atoms with Gasteiger partial charge in [0.2, 0.25) is 0 Å². The zero-order valence-corrected chi connectivity index (χ0v) is 12.6. The molecule has 0 unspecified atom stereocenters. The third-order valence-electron chi connectivity index (χ3n) is 4.29. The van der Waals surface area contributed by atoms with Crippen LogP contribution in [0.1, 0.15) is 70.6 Å². The fourth-order valence-electron chi connectivity index (χ4n) is 3.09. The van der Waals surface area contributed by atoms with Crippen LogP contribution in [0.5, 0.6) is 5.75 Å². The Balaban J connectivity index is 1.35. The summed E-state index contributed by atoms with van der Waals surface area (Å²) in [4.78, 5) is 7.86. The lowest BCUT2D eigenvalue weighted by molar-refractivity contribution is 0.301. The summed E-state index contributed by atoms with van der Waals surface area (Å²) in [6.45, 7) is 0.787. The van der Waals surface area contributed by atoms with E-state index >= 15 is 0 Å². The van der Waals surface area contributed by atoms with Crippen LogP contribution in [0.3, 0.4) is 0 Å². The van der Waals surface area contributed by atoms with Crippen molar-refractivity contribution in [1.82, 2.24) is 9.97 Å². The van der Waals surface area contributed by atoms with Gasteiger partial charge in [0.25, 0.3) is 0 Å². The third-order valence-corrected chi connectivity index (χ3v) is 4.29. The van der Waals surface area contributed by atoms with Gasteiger partial charge in [-0.15, -0.1) is 0 Å². The van der Waals surface area contributed by atoms with Gasteiger partial charge in [-0.05, 0) is 12.3 Å². The third kappa shape index (κ3) is 6.36. The fourth-order valence-corrected chi connectivity index (χ4v) is 3.09. The molecule has 1 aliphatic rings. The van der Waals surface area contributed by atoms with E-state index in [1.54, 1.807) is 12.4 Å². The first-order valence-corrected chi connectivity index (χ1v) is 8.33. The Morgan fingerprint density at radius 2 is 1.55 bits per heavy atom. The largest absolute Gasteiger partial charge is 0.490 e. The lowest BCUT2D eigenvalue weighted by Crippen LogP contribution is -1.98. The highest BCUT2D eigenvalue weighted by Gasteiger charge is 2.13. The summed E-state index contributed by atoms with van der Waals surface area (Å²) in [6, 6.07) is 0. The zero-order chi connectivity index (χ0) is 13.9. The maximum Gasteiger partial charge on any atom is 0.155 e. The SMILES string of the molecule is c1ncc(OCCCCCCCCC2CCCC2)cn1. The highest BCUT2D eigenvalue weighted by molar-refractivity contribution is 5.09. The molecule has 112 valence electrons. The van der Waals surface area contributed by atoms with Crippen molar-refractivity contribution in [3.63, 3.8) is 0 Å². The van der Waals surface area contributed by atoms with Gasteiger partial charge < -0.3 is 4.74 Å². The van der Waals surface area contributed by atoms with Crippen molar-refractivity contribution in [3.8, 4) is 5.75 Å². The molecule has 20 heavy (non-hydrogen) atoms. The Morgan fingerprint density at radius 1 is 0.900 bits per heavy atom. The van der Waals surface area contributed by atoms with E-state index in [1.807, 2.05) is 0 Å². The molecule has 3 nitrogen and oxygen atoms in total. The van der Waals surface area contributed by atoms with Gasteiger partial charge in [-0.3, -0.25) is 0 Å². The van der Waals surface area contributed by atoms with E-state index in [2.05, 4.69) is 9.97 Å². The van der Waals surface area contributed by atoms with Crippen molar-refractivity contribution in [2.75, 3.05) is 6.61 Å². The van der Waals surface area contributed by atoms with E-state index in [9.17, 15) is 0 Å². The minimum absolute atomic E-state index is 0.782. The van der Waals surface area contributed by atoms with E-state index in [1.165, 1.54) is 70.5 Å². The first-order valence-electron chi connectivity index (χ1n) is 8.33. The number of ether oxygens (including phenoxy) is 1. The van der Waals surface area contributed by atoms with E-state index in [0.717, 1.165) is 24.7 Å². The second-order valence-electron chi connectivity index (χ2n) is 5.98. The quantitative estimate of drug-likeness (QED) is 0.577. The van der Waals surface area contributed by atoms with Crippen molar-refractivity contribution in [3.05, 3.63) is 18.7 Å². The fraction of sp³-hybridized carbons (Fsp3) is 0.765. The van der Waals surface area contributed by atoms with Crippen LogP contribution in [0, 0.1) is 5.92 Å². The van der Waals surface area contributed by atoms with Crippen molar-refractivity contribution >= 4 is 0 Å². The average molecular weight is 276 g/mol. The van der Waals surface area contributed by atoms with Crippen LogP contribution in [0.25, 0.3) is 0 Å². The molecular weight excluding hydrogens is 248 g/mol. The summed E-state index contributed by atoms with van der Waals surface area (Å²) in [6.07, 6.45) is 20.4. The predicted octanol–water partition coefficient (Wildman–Crippen LogP) is 4.78. The topological polar surface area (TPSA) is 35.0 Å². The molecule has 0 atom stereocenters. The van der Waals surface area contributed by atoms with E-state index in [4.69, 9.17) is 4.74 Å². The first-order chi connectivity index (χ1) is 9.95. The van der Waals surface area contributed by atoms with Crippen molar-refractivity contribution < 1.29 is 4.74 Å². The Bertz CT molecular complexity index is 336. The van der Waals surface area contributed by atoms with E-state index in [-0.39, 0.29) is 0 Å². The molecule has 1 aliphatic carbocycles. The Labute approximate surface area is 123 Å². The second kappa shape index (κ2) is 9.73. The maximum atomic E-state index is 5.58. The van der Waals surface area contributed by atoms with Crippen molar-refractivity contribution in [1.29, 1.82) is 0 Å². The molecule has 0 aliphatic heterocycles. The van der Waals surface area contributed by atoms with Crippen molar-refractivity contribution in [2.45, 2.75) is 70.6 Å². The van der Waals surface area contributed by atoms with Gasteiger partial charge in [0.05, 0.1) is 19.0 Å². The molecule has 0 amide bonds. The van der Waals surface area contributed by atoms with Crippen LogP contribution in [0.2, 0.25) is 0 Å². The van der Waals surface area contributed by atoms with Gasteiger partial charge in [-0.1, -0.05) is 64.2 Å². The Kier molecular flexibility index (Phi) is 7.43. The van der Waals surface area contributed by atoms with Crippen LogP contribution in [0.4, 0.5) is 0 Å². The molecule has 1 fully saturated rings. The van der Waals surface area contributed by atoms with Gasteiger partial charge >= 0.3 is 0 Å². The molecule has 1 saturated carbocycles. The van der Waals surface area contributed by atoms with Gasteiger partial charge in [-0.2, -0.15) is 0 Å². The molecule has 0 spiro atoms. The number of hydrogen-bond donors (Lipinski definition) is 0. The summed E-state index contributed by atoms with van der Waals surface area (Å²) in [5, 5.41) is 0. The molecule has 1 heterocycles. The number of unbranched alkanes of at least 4 members (excludes halogenated alkanes) is 5. The van der Waals surface area contributed by atoms with Crippen LogP contribution >= 0.6 is 0 Å². The minimum atomic E-state index is 0.782. The molecular formula is C17H28N2O. The molecule has 0 radical (unpaired) electrons. The van der Waals surface area contributed by atoms with Crippen LogP contribution in [-0.4, -0.2) is 16.6 Å². The highest BCUT2D eigenvalue weighted by Crippen LogP contribution is 2.29. The zero-order valence-electron chi connectivity index (χ0n) is 12.6. The van der Waals surface area contributed by atoms with E-state index < -0.39 is 0 Å². The normalized spacial score (nSPS) is 15.6. The molecule has 0 saturated heterocycles. The summed E-state index contributed by atoms with van der Waals surface area (Å²) >= 11 is 0. The predicted molar refractivity (Wildman–Crippen MR) is 81.8 cm³/mol. The molecule has 1 aromatic rings. The molecule has 0 bridgehead atoms. The summed E-state index contributed by atoms with van der Waals surface area (Å²) < 4.78 is 5.58. The minimum Gasteiger partial charge on any atom is -0.490 e. The van der Waals surface area contributed by atoms with Crippen LogP contribution in [0.15, 0.2) is 18.7 Å². The standard InChI is InChI=1S/C17H28N2O/c1(3-5-9-16-10-6-7-11-16)2-4-8-12-20-17-13-18-15-19-14-17/h13-16H,1-12H2. The first kappa shape index (κ1) is 15.3. The van der Waals surface area contributed by atoms with Gasteiger partial charge in [0.15, 0.2) is 5.75 Å². The smallest absolute Gasteiger partial charge is 0.155 e. The maximum absolute atomic E-state index is 5.58. The summed E-state index contributed by atoms with van der Waals surface area (Å²) in [7, 11) is 0. The van der Waals surface area contributed by atoms with Crippen LogP contribution in [-0.2, 0) is 0 Å². The molecule has 3 heteroatoms.